The van der Waals surface area contributed by atoms with Gasteiger partial charge in [-0.25, -0.2) is 0 Å². The van der Waals surface area contributed by atoms with E-state index in [0.717, 1.165) is 25.1 Å². The average molecular weight is 233 g/mol. The molecule has 1 saturated heterocycles. The van der Waals surface area contributed by atoms with Crippen LogP contribution in [0.15, 0.2) is 24.3 Å². The van der Waals surface area contributed by atoms with E-state index in [2.05, 4.69) is 36.5 Å². The highest BCUT2D eigenvalue weighted by Gasteiger charge is 2.28. The molecule has 1 fully saturated rings. The minimum Gasteiger partial charge on any atom is -0.385 e. The first-order valence-electron chi connectivity index (χ1n) is 6.58. The average Bonchev–Trinajstić information content (AvgIpc) is 2.30. The molecule has 0 bridgehead atoms. The van der Waals surface area contributed by atoms with Crippen molar-refractivity contribution in [1.82, 2.24) is 5.32 Å². The van der Waals surface area contributed by atoms with Crippen molar-refractivity contribution in [3.63, 3.8) is 0 Å². The summed E-state index contributed by atoms with van der Waals surface area (Å²) in [6, 6.07) is 8.26. The van der Waals surface area contributed by atoms with Crippen molar-refractivity contribution < 1.29 is 5.11 Å². The topological polar surface area (TPSA) is 32.3 Å². The van der Waals surface area contributed by atoms with Gasteiger partial charge in [-0.1, -0.05) is 29.8 Å². The highest BCUT2D eigenvalue weighted by molar-refractivity contribution is 5.26. The van der Waals surface area contributed by atoms with Gasteiger partial charge < -0.3 is 10.4 Å². The molecule has 1 heterocycles. The summed E-state index contributed by atoms with van der Waals surface area (Å²) in [5.74, 6) is 0.646. The molecule has 2 rings (SSSR count). The lowest BCUT2D eigenvalue weighted by molar-refractivity contribution is 0.0250. The van der Waals surface area contributed by atoms with Gasteiger partial charge in [0.05, 0.1) is 5.60 Å². The van der Waals surface area contributed by atoms with E-state index < -0.39 is 5.60 Å². The standard InChI is InChI=1S/C15H23NO/c1-12-3-5-14(6-4-12)15(2,17)11-13-7-9-16-10-8-13/h3-6,13,16-17H,7-11H2,1-2H3. The highest BCUT2D eigenvalue weighted by Crippen LogP contribution is 2.31. The summed E-state index contributed by atoms with van der Waals surface area (Å²) < 4.78 is 0. The van der Waals surface area contributed by atoms with Crippen molar-refractivity contribution in [2.45, 2.75) is 38.7 Å². The normalized spacial score (nSPS) is 21.1. The van der Waals surface area contributed by atoms with Gasteiger partial charge in [-0.05, 0) is 57.7 Å². The lowest BCUT2D eigenvalue weighted by Gasteiger charge is -2.31. The van der Waals surface area contributed by atoms with Crippen LogP contribution in [0.1, 0.15) is 37.3 Å². The summed E-state index contributed by atoms with van der Waals surface area (Å²) in [6.07, 6.45) is 3.24. The second-order valence-electron chi connectivity index (χ2n) is 5.54. The van der Waals surface area contributed by atoms with E-state index >= 15 is 0 Å². The van der Waals surface area contributed by atoms with Crippen molar-refractivity contribution in [1.29, 1.82) is 0 Å². The molecule has 1 unspecified atom stereocenters. The maximum absolute atomic E-state index is 10.6. The smallest absolute Gasteiger partial charge is 0.0871 e. The molecular weight excluding hydrogens is 210 g/mol. The highest BCUT2D eigenvalue weighted by atomic mass is 16.3. The fraction of sp³-hybridized carbons (Fsp3) is 0.600. The lowest BCUT2D eigenvalue weighted by Crippen LogP contribution is -2.32. The first-order chi connectivity index (χ1) is 8.08. The second kappa shape index (κ2) is 5.19. The summed E-state index contributed by atoms with van der Waals surface area (Å²) in [5, 5.41) is 14.0. The monoisotopic (exact) mass is 233 g/mol. The Kier molecular flexibility index (Phi) is 3.85. The maximum atomic E-state index is 10.6. The van der Waals surface area contributed by atoms with Crippen molar-refractivity contribution >= 4 is 0 Å². The number of aliphatic hydroxyl groups is 1. The Morgan fingerprint density at radius 3 is 2.41 bits per heavy atom. The molecule has 0 spiro atoms. The minimum atomic E-state index is -0.685. The zero-order chi connectivity index (χ0) is 12.3. The largest absolute Gasteiger partial charge is 0.385 e. The molecule has 2 heteroatoms. The van der Waals surface area contributed by atoms with E-state index in [-0.39, 0.29) is 0 Å². The molecule has 1 atom stereocenters. The number of hydrogen-bond acceptors (Lipinski definition) is 2. The molecule has 1 aromatic rings. The molecule has 1 aliphatic rings. The molecule has 94 valence electrons. The summed E-state index contributed by atoms with van der Waals surface area (Å²) in [7, 11) is 0. The zero-order valence-corrected chi connectivity index (χ0v) is 10.9. The molecule has 0 amide bonds. The summed E-state index contributed by atoms with van der Waals surface area (Å²) in [5.41, 5.74) is 1.60. The van der Waals surface area contributed by atoms with Crippen molar-refractivity contribution in [2.24, 2.45) is 5.92 Å². The predicted molar refractivity (Wildman–Crippen MR) is 71.0 cm³/mol. The summed E-state index contributed by atoms with van der Waals surface area (Å²) >= 11 is 0. The van der Waals surface area contributed by atoms with Gasteiger partial charge in [0.25, 0.3) is 0 Å². The zero-order valence-electron chi connectivity index (χ0n) is 10.9. The Bertz CT molecular complexity index is 350. The van der Waals surface area contributed by atoms with Crippen LogP contribution < -0.4 is 5.32 Å². The van der Waals surface area contributed by atoms with Crippen LogP contribution in [0, 0.1) is 12.8 Å². The van der Waals surface area contributed by atoms with Gasteiger partial charge in [-0.3, -0.25) is 0 Å². The first kappa shape index (κ1) is 12.6. The van der Waals surface area contributed by atoms with Crippen LogP contribution in [0.2, 0.25) is 0 Å². The molecular formula is C15H23NO. The van der Waals surface area contributed by atoms with Crippen LogP contribution in [-0.4, -0.2) is 18.2 Å². The van der Waals surface area contributed by atoms with Crippen molar-refractivity contribution in [2.75, 3.05) is 13.1 Å². The quantitative estimate of drug-likeness (QED) is 0.841. The minimum absolute atomic E-state index is 0.646. The number of rotatable bonds is 3. The van der Waals surface area contributed by atoms with Crippen LogP contribution in [0.5, 0.6) is 0 Å². The lowest BCUT2D eigenvalue weighted by atomic mass is 9.82. The van der Waals surface area contributed by atoms with Crippen LogP contribution in [0.3, 0.4) is 0 Å². The van der Waals surface area contributed by atoms with E-state index in [0.29, 0.717) is 5.92 Å². The molecule has 2 N–H and O–H groups in total. The third-order valence-corrected chi connectivity index (χ3v) is 3.82. The van der Waals surface area contributed by atoms with Gasteiger partial charge in [-0.15, -0.1) is 0 Å². The van der Waals surface area contributed by atoms with Crippen LogP contribution in [-0.2, 0) is 5.60 Å². The number of benzene rings is 1. The number of aryl methyl sites for hydroxylation is 1. The Morgan fingerprint density at radius 1 is 1.24 bits per heavy atom. The molecule has 0 aliphatic carbocycles. The number of hydrogen-bond donors (Lipinski definition) is 2. The van der Waals surface area contributed by atoms with E-state index in [1.165, 1.54) is 18.4 Å². The molecule has 1 aromatic carbocycles. The van der Waals surface area contributed by atoms with Crippen molar-refractivity contribution in [3.8, 4) is 0 Å². The van der Waals surface area contributed by atoms with E-state index in [4.69, 9.17) is 0 Å². The van der Waals surface area contributed by atoms with Gasteiger partial charge in [0, 0.05) is 0 Å². The SMILES string of the molecule is Cc1ccc(C(C)(O)CC2CCNCC2)cc1. The molecule has 0 saturated carbocycles. The molecule has 0 radical (unpaired) electrons. The van der Waals surface area contributed by atoms with E-state index in [1.54, 1.807) is 0 Å². The number of piperidine rings is 1. The molecule has 2 nitrogen and oxygen atoms in total. The Hall–Kier alpha value is -0.860. The van der Waals surface area contributed by atoms with Gasteiger partial charge in [0.15, 0.2) is 0 Å². The van der Waals surface area contributed by atoms with Gasteiger partial charge in [-0.2, -0.15) is 0 Å². The van der Waals surface area contributed by atoms with Crippen LogP contribution in [0.25, 0.3) is 0 Å². The van der Waals surface area contributed by atoms with E-state index in [9.17, 15) is 5.11 Å². The fourth-order valence-electron chi connectivity index (χ4n) is 2.68. The Morgan fingerprint density at radius 2 is 1.82 bits per heavy atom. The van der Waals surface area contributed by atoms with Crippen LogP contribution in [0.4, 0.5) is 0 Å². The fourth-order valence-corrected chi connectivity index (χ4v) is 2.68. The van der Waals surface area contributed by atoms with Gasteiger partial charge in [0.2, 0.25) is 0 Å². The molecule has 17 heavy (non-hydrogen) atoms. The maximum Gasteiger partial charge on any atom is 0.0871 e. The Labute approximate surface area is 104 Å². The van der Waals surface area contributed by atoms with Crippen LogP contribution >= 0.6 is 0 Å². The number of nitrogens with one attached hydrogen (secondary N) is 1. The first-order valence-corrected chi connectivity index (χ1v) is 6.58. The second-order valence-corrected chi connectivity index (χ2v) is 5.54. The molecule has 0 aromatic heterocycles. The Balaban J connectivity index is 2.04. The predicted octanol–water partition coefficient (Wildman–Crippen LogP) is 2.59. The third kappa shape index (κ3) is 3.30. The van der Waals surface area contributed by atoms with Crippen molar-refractivity contribution in [3.05, 3.63) is 35.4 Å². The summed E-state index contributed by atoms with van der Waals surface area (Å²) in [4.78, 5) is 0. The molecule has 1 aliphatic heterocycles. The summed E-state index contributed by atoms with van der Waals surface area (Å²) in [6.45, 7) is 6.20. The van der Waals surface area contributed by atoms with Gasteiger partial charge >= 0.3 is 0 Å². The van der Waals surface area contributed by atoms with Gasteiger partial charge in [0.1, 0.15) is 0 Å². The third-order valence-electron chi connectivity index (χ3n) is 3.82. The van der Waals surface area contributed by atoms with E-state index in [1.807, 2.05) is 6.92 Å².